The smallest absolute Gasteiger partial charge is 0.338 e. The molecule has 1 atom stereocenters. The fourth-order valence-corrected chi connectivity index (χ4v) is 4.00. The van der Waals surface area contributed by atoms with Gasteiger partial charge in [0.1, 0.15) is 6.10 Å². The third-order valence-corrected chi connectivity index (χ3v) is 5.68. The van der Waals surface area contributed by atoms with Crippen molar-refractivity contribution in [1.29, 1.82) is 0 Å². The zero-order valence-corrected chi connectivity index (χ0v) is 17.3. The first kappa shape index (κ1) is 20.3. The Morgan fingerprint density at radius 1 is 1.21 bits per heavy atom. The number of halogens is 1. The number of hydrogen-bond acceptors (Lipinski definition) is 4. The molecule has 0 bridgehead atoms. The lowest BCUT2D eigenvalue weighted by atomic mass is 10.00. The minimum atomic E-state index is -0.656. The molecule has 3 nitrogen and oxygen atoms in total. The third-order valence-electron chi connectivity index (χ3n) is 4.49. The summed E-state index contributed by atoms with van der Waals surface area (Å²) >= 11 is 7.60. The van der Waals surface area contributed by atoms with Crippen molar-refractivity contribution in [3.8, 4) is 0 Å². The summed E-state index contributed by atoms with van der Waals surface area (Å²) in [6.07, 6.45) is 3.85. The number of aliphatic hydroxyl groups excluding tert-OH is 1. The van der Waals surface area contributed by atoms with Crippen LogP contribution < -0.4 is 0 Å². The summed E-state index contributed by atoms with van der Waals surface area (Å²) in [6.45, 7) is 2.02. The second kappa shape index (κ2) is 9.20. The standard InChI is InChI=1S/C23H21ClO3S/c1-15-6-8-17(9-7-15)22(25)19-12-13-28-21(19)5-3-4-16-10-11-18(24)14-20(16)23(26)27-2/h3-4,6-14,22,25H,5H2,1-2H3/b4-3-. The number of hydrogen-bond donors (Lipinski definition) is 1. The molecular formula is C23H21ClO3S. The van der Waals surface area contributed by atoms with Gasteiger partial charge in [0.05, 0.1) is 12.7 Å². The first-order valence-electron chi connectivity index (χ1n) is 8.85. The minimum absolute atomic E-state index is 0.422. The largest absolute Gasteiger partial charge is 0.465 e. The van der Waals surface area contributed by atoms with Crippen LogP contribution in [-0.2, 0) is 11.2 Å². The highest BCUT2D eigenvalue weighted by molar-refractivity contribution is 7.10. The molecule has 0 saturated heterocycles. The topological polar surface area (TPSA) is 46.5 Å². The average Bonchev–Trinajstić information content (AvgIpc) is 3.17. The number of methoxy groups -OCH3 is 1. The molecule has 0 fully saturated rings. The van der Waals surface area contributed by atoms with Gasteiger partial charge in [-0.2, -0.15) is 0 Å². The third kappa shape index (κ3) is 4.71. The predicted octanol–water partition coefficient (Wildman–Crippen LogP) is 5.83. The van der Waals surface area contributed by atoms with Crippen molar-refractivity contribution < 1.29 is 14.6 Å². The van der Waals surface area contributed by atoms with Crippen molar-refractivity contribution in [3.63, 3.8) is 0 Å². The van der Waals surface area contributed by atoms with Gasteiger partial charge in [-0.25, -0.2) is 4.79 Å². The van der Waals surface area contributed by atoms with Gasteiger partial charge < -0.3 is 9.84 Å². The Bertz CT molecular complexity index is 989. The van der Waals surface area contributed by atoms with Crippen LogP contribution in [0.5, 0.6) is 0 Å². The molecule has 1 heterocycles. The summed E-state index contributed by atoms with van der Waals surface area (Å²) in [5.74, 6) is -0.422. The van der Waals surface area contributed by atoms with Gasteiger partial charge in [0.25, 0.3) is 0 Å². The highest BCUT2D eigenvalue weighted by atomic mass is 35.5. The van der Waals surface area contributed by atoms with Crippen LogP contribution in [0.2, 0.25) is 5.02 Å². The number of aryl methyl sites for hydroxylation is 1. The summed E-state index contributed by atoms with van der Waals surface area (Å²) in [5, 5.41) is 13.2. The molecule has 5 heteroatoms. The van der Waals surface area contributed by atoms with Crippen molar-refractivity contribution in [3.05, 3.63) is 97.7 Å². The molecule has 0 aliphatic rings. The van der Waals surface area contributed by atoms with Crippen LogP contribution in [0, 0.1) is 6.92 Å². The van der Waals surface area contributed by atoms with Crippen LogP contribution in [-0.4, -0.2) is 18.2 Å². The number of thiophene rings is 1. The SMILES string of the molecule is COC(=O)c1cc(Cl)ccc1/C=C\Cc1sccc1C(O)c1ccc(C)cc1. The minimum Gasteiger partial charge on any atom is -0.465 e. The fraction of sp³-hybridized carbons (Fsp3) is 0.174. The van der Waals surface area contributed by atoms with Gasteiger partial charge in [-0.05, 0) is 47.2 Å². The Labute approximate surface area is 173 Å². The van der Waals surface area contributed by atoms with E-state index in [-0.39, 0.29) is 0 Å². The monoisotopic (exact) mass is 412 g/mol. The van der Waals surface area contributed by atoms with Crippen LogP contribution >= 0.6 is 22.9 Å². The molecule has 0 spiro atoms. The first-order valence-corrected chi connectivity index (χ1v) is 10.1. The molecule has 28 heavy (non-hydrogen) atoms. The number of esters is 1. The number of benzene rings is 2. The number of carbonyl (C=O) groups is 1. The Hall–Kier alpha value is -2.40. The maximum atomic E-state index is 12.0. The zero-order chi connectivity index (χ0) is 20.1. The van der Waals surface area contributed by atoms with Crippen molar-refractivity contribution in [2.45, 2.75) is 19.4 Å². The van der Waals surface area contributed by atoms with E-state index in [1.807, 2.05) is 54.8 Å². The molecule has 0 aliphatic heterocycles. The van der Waals surface area contributed by atoms with Gasteiger partial charge in [0.2, 0.25) is 0 Å². The van der Waals surface area contributed by atoms with Gasteiger partial charge in [0, 0.05) is 16.3 Å². The Balaban J connectivity index is 1.79. The molecule has 144 valence electrons. The van der Waals surface area contributed by atoms with Crippen molar-refractivity contribution in [1.82, 2.24) is 0 Å². The fourth-order valence-electron chi connectivity index (χ4n) is 2.94. The first-order chi connectivity index (χ1) is 13.5. The van der Waals surface area contributed by atoms with Gasteiger partial charge in [-0.15, -0.1) is 11.3 Å². The zero-order valence-electron chi connectivity index (χ0n) is 15.7. The Kier molecular flexibility index (Phi) is 6.68. The quantitative estimate of drug-likeness (QED) is 0.518. The van der Waals surface area contributed by atoms with E-state index < -0.39 is 12.1 Å². The summed E-state index contributed by atoms with van der Waals surface area (Å²) < 4.78 is 4.83. The van der Waals surface area contributed by atoms with E-state index in [4.69, 9.17) is 16.3 Å². The number of carbonyl (C=O) groups excluding carboxylic acids is 1. The second-order valence-electron chi connectivity index (χ2n) is 6.44. The molecule has 0 saturated carbocycles. The van der Waals surface area contributed by atoms with E-state index in [0.29, 0.717) is 17.0 Å². The number of aliphatic hydroxyl groups is 1. The maximum absolute atomic E-state index is 12.0. The van der Waals surface area contributed by atoms with E-state index in [1.165, 1.54) is 7.11 Å². The highest BCUT2D eigenvalue weighted by Crippen LogP contribution is 2.29. The predicted molar refractivity (Wildman–Crippen MR) is 115 cm³/mol. The summed E-state index contributed by atoms with van der Waals surface area (Å²) in [4.78, 5) is 13.0. The summed E-state index contributed by atoms with van der Waals surface area (Å²) in [6, 6.07) is 15.0. The van der Waals surface area contributed by atoms with Crippen LogP contribution in [0.1, 0.15) is 43.6 Å². The lowest BCUT2D eigenvalue weighted by Crippen LogP contribution is -2.03. The number of rotatable bonds is 6. The maximum Gasteiger partial charge on any atom is 0.338 e. The number of allylic oxidation sites excluding steroid dienone is 1. The lowest BCUT2D eigenvalue weighted by Gasteiger charge is -2.12. The van der Waals surface area contributed by atoms with Gasteiger partial charge >= 0.3 is 5.97 Å². The Morgan fingerprint density at radius 2 is 1.96 bits per heavy atom. The molecule has 1 N–H and O–H groups in total. The van der Waals surface area contributed by atoms with Crippen molar-refractivity contribution >= 4 is 35.0 Å². The molecule has 1 aromatic heterocycles. The van der Waals surface area contributed by atoms with Gasteiger partial charge in [-0.3, -0.25) is 0 Å². The second-order valence-corrected chi connectivity index (χ2v) is 7.88. The van der Waals surface area contributed by atoms with E-state index >= 15 is 0 Å². The molecule has 0 amide bonds. The Morgan fingerprint density at radius 3 is 2.68 bits per heavy atom. The van der Waals surface area contributed by atoms with Gasteiger partial charge in [0.15, 0.2) is 0 Å². The van der Waals surface area contributed by atoms with Crippen LogP contribution in [0.4, 0.5) is 0 Å². The van der Waals surface area contributed by atoms with Crippen molar-refractivity contribution in [2.75, 3.05) is 7.11 Å². The van der Waals surface area contributed by atoms with Crippen molar-refractivity contribution in [2.24, 2.45) is 0 Å². The summed E-state index contributed by atoms with van der Waals surface area (Å²) in [5.41, 5.74) is 4.11. The molecule has 0 radical (unpaired) electrons. The van der Waals surface area contributed by atoms with E-state index in [2.05, 4.69) is 0 Å². The van der Waals surface area contributed by atoms with Crippen LogP contribution in [0.3, 0.4) is 0 Å². The van der Waals surface area contributed by atoms with Crippen LogP contribution in [0.25, 0.3) is 6.08 Å². The number of ether oxygens (including phenoxy) is 1. The lowest BCUT2D eigenvalue weighted by molar-refractivity contribution is 0.0600. The van der Waals surface area contributed by atoms with Gasteiger partial charge in [-0.1, -0.05) is 59.6 Å². The normalized spacial score (nSPS) is 12.3. The van der Waals surface area contributed by atoms with Crippen LogP contribution in [0.15, 0.2) is 60.0 Å². The summed E-state index contributed by atoms with van der Waals surface area (Å²) in [7, 11) is 1.35. The molecule has 3 aromatic rings. The molecular weight excluding hydrogens is 392 g/mol. The molecule has 3 rings (SSSR count). The van der Waals surface area contributed by atoms with E-state index in [0.717, 1.165) is 27.1 Å². The highest BCUT2D eigenvalue weighted by Gasteiger charge is 2.15. The average molecular weight is 413 g/mol. The molecule has 1 unspecified atom stereocenters. The molecule has 2 aromatic carbocycles. The van der Waals surface area contributed by atoms with E-state index in [1.54, 1.807) is 29.5 Å². The van der Waals surface area contributed by atoms with E-state index in [9.17, 15) is 9.90 Å². The molecule has 0 aliphatic carbocycles.